The second kappa shape index (κ2) is 8.70. The van der Waals surface area contributed by atoms with Crippen molar-refractivity contribution in [1.29, 1.82) is 0 Å². The molecule has 5 rings (SSSR count). The molecule has 0 unspecified atom stereocenters. The van der Waals surface area contributed by atoms with Crippen LogP contribution in [0.25, 0.3) is 10.8 Å². The summed E-state index contributed by atoms with van der Waals surface area (Å²) >= 11 is 0. The highest BCUT2D eigenvalue weighted by Gasteiger charge is 2.33. The van der Waals surface area contributed by atoms with E-state index in [2.05, 4.69) is 0 Å². The number of hydrogen-bond acceptors (Lipinski definition) is 3. The molecule has 3 aromatic rings. The summed E-state index contributed by atoms with van der Waals surface area (Å²) in [5, 5.41) is 2.01. The van der Waals surface area contributed by atoms with E-state index in [1.807, 2.05) is 58.3 Å². The summed E-state index contributed by atoms with van der Waals surface area (Å²) in [7, 11) is 0. The molecule has 0 radical (unpaired) electrons. The van der Waals surface area contributed by atoms with Crippen molar-refractivity contribution in [2.75, 3.05) is 24.5 Å². The highest BCUT2D eigenvalue weighted by Crippen LogP contribution is 2.33. The Bertz CT molecular complexity index is 1240. The van der Waals surface area contributed by atoms with Crippen molar-refractivity contribution in [2.24, 2.45) is 11.7 Å². The Morgan fingerprint density at radius 1 is 0.818 bits per heavy atom. The molecule has 1 fully saturated rings. The van der Waals surface area contributed by atoms with Gasteiger partial charge in [0.25, 0.3) is 5.91 Å². The number of anilines is 1. The van der Waals surface area contributed by atoms with E-state index in [9.17, 15) is 14.4 Å². The molecule has 33 heavy (non-hydrogen) atoms. The zero-order valence-corrected chi connectivity index (χ0v) is 18.5. The lowest BCUT2D eigenvalue weighted by Crippen LogP contribution is -2.46. The van der Waals surface area contributed by atoms with E-state index in [0.717, 1.165) is 34.9 Å². The largest absolute Gasteiger partial charge is 0.366 e. The Kier molecular flexibility index (Phi) is 5.58. The van der Waals surface area contributed by atoms with E-state index in [1.54, 1.807) is 12.1 Å². The number of amides is 3. The van der Waals surface area contributed by atoms with Crippen LogP contribution in [0, 0.1) is 5.92 Å². The van der Waals surface area contributed by atoms with Crippen LogP contribution in [0.2, 0.25) is 0 Å². The Hall–Kier alpha value is -3.67. The summed E-state index contributed by atoms with van der Waals surface area (Å²) in [5.41, 5.74) is 8.43. The van der Waals surface area contributed by atoms with Gasteiger partial charge in [-0.1, -0.05) is 42.5 Å². The molecule has 2 aliphatic rings. The van der Waals surface area contributed by atoms with Gasteiger partial charge in [-0.15, -0.1) is 0 Å². The molecule has 2 heterocycles. The lowest BCUT2D eigenvalue weighted by atomic mass is 9.91. The Morgan fingerprint density at radius 3 is 2.30 bits per heavy atom. The minimum absolute atomic E-state index is 0.0205. The first-order valence-electron chi connectivity index (χ1n) is 11.5. The summed E-state index contributed by atoms with van der Waals surface area (Å²) < 4.78 is 0. The predicted octanol–water partition coefficient (Wildman–Crippen LogP) is 3.77. The number of piperidine rings is 1. The monoisotopic (exact) mass is 441 g/mol. The van der Waals surface area contributed by atoms with Gasteiger partial charge in [-0.3, -0.25) is 14.4 Å². The maximum Gasteiger partial charge on any atom is 0.254 e. The normalized spacial score (nSPS) is 16.5. The molecule has 3 amide bonds. The number of benzene rings is 3. The number of carbonyl (C=O) groups is 3. The lowest BCUT2D eigenvalue weighted by molar-refractivity contribution is -0.123. The average molecular weight is 442 g/mol. The Morgan fingerprint density at radius 2 is 1.52 bits per heavy atom. The molecule has 0 bridgehead atoms. The van der Waals surface area contributed by atoms with Crippen LogP contribution in [-0.4, -0.2) is 42.3 Å². The third-order valence-corrected chi connectivity index (χ3v) is 6.93. The van der Waals surface area contributed by atoms with Crippen molar-refractivity contribution >= 4 is 34.2 Å². The maximum absolute atomic E-state index is 13.4. The van der Waals surface area contributed by atoms with Gasteiger partial charge in [0.15, 0.2) is 0 Å². The molecule has 2 aliphatic heterocycles. The molecule has 0 atom stereocenters. The van der Waals surface area contributed by atoms with E-state index in [-0.39, 0.29) is 17.7 Å². The first-order chi connectivity index (χ1) is 16.0. The zero-order chi connectivity index (χ0) is 22.9. The topological polar surface area (TPSA) is 83.7 Å². The van der Waals surface area contributed by atoms with Crippen LogP contribution in [0.1, 0.15) is 45.5 Å². The van der Waals surface area contributed by atoms with Gasteiger partial charge >= 0.3 is 0 Å². The third-order valence-electron chi connectivity index (χ3n) is 6.93. The molecule has 0 spiro atoms. The van der Waals surface area contributed by atoms with Crippen molar-refractivity contribution < 1.29 is 14.4 Å². The minimum Gasteiger partial charge on any atom is -0.366 e. The molecule has 6 nitrogen and oxygen atoms in total. The highest BCUT2D eigenvalue weighted by molar-refractivity contribution is 6.07. The number of nitrogens with two attached hydrogens (primary N) is 1. The SMILES string of the molecule is NC(=O)c1cccc2c1CCCN2C(=O)C1CCN(C(=O)c2cccc3ccccc23)CC1. The van der Waals surface area contributed by atoms with Gasteiger partial charge in [0.1, 0.15) is 0 Å². The van der Waals surface area contributed by atoms with Crippen LogP contribution in [-0.2, 0) is 11.2 Å². The fourth-order valence-electron chi connectivity index (χ4n) is 5.22. The van der Waals surface area contributed by atoms with Gasteiger partial charge in [-0.05, 0) is 60.2 Å². The van der Waals surface area contributed by atoms with E-state index < -0.39 is 5.91 Å². The number of fused-ring (bicyclic) bond motifs is 2. The Balaban J connectivity index is 1.30. The number of hydrogen-bond donors (Lipinski definition) is 1. The number of carbonyl (C=O) groups excluding carboxylic acids is 3. The fourth-order valence-corrected chi connectivity index (χ4v) is 5.22. The molecular formula is C27H27N3O3. The van der Waals surface area contributed by atoms with Crippen molar-refractivity contribution in [1.82, 2.24) is 4.90 Å². The number of primary amides is 1. The fraction of sp³-hybridized carbons (Fsp3) is 0.296. The van der Waals surface area contributed by atoms with Crippen LogP contribution in [0.15, 0.2) is 60.7 Å². The summed E-state index contributed by atoms with van der Waals surface area (Å²) in [4.78, 5) is 42.2. The number of nitrogens with zero attached hydrogens (tertiary/aromatic N) is 2. The second-order valence-electron chi connectivity index (χ2n) is 8.85. The molecule has 0 saturated carbocycles. The van der Waals surface area contributed by atoms with Crippen molar-refractivity contribution in [3.8, 4) is 0 Å². The van der Waals surface area contributed by atoms with Crippen LogP contribution in [0.3, 0.4) is 0 Å². The van der Waals surface area contributed by atoms with Crippen molar-refractivity contribution in [2.45, 2.75) is 25.7 Å². The van der Waals surface area contributed by atoms with Crippen molar-refractivity contribution in [3.05, 3.63) is 77.4 Å². The molecule has 6 heteroatoms. The second-order valence-corrected chi connectivity index (χ2v) is 8.85. The maximum atomic E-state index is 13.4. The zero-order valence-electron chi connectivity index (χ0n) is 18.5. The van der Waals surface area contributed by atoms with Gasteiger partial charge in [0, 0.05) is 42.4 Å². The van der Waals surface area contributed by atoms with Gasteiger partial charge < -0.3 is 15.5 Å². The van der Waals surface area contributed by atoms with Crippen LogP contribution < -0.4 is 10.6 Å². The van der Waals surface area contributed by atoms with E-state index in [0.29, 0.717) is 43.6 Å². The van der Waals surface area contributed by atoms with E-state index >= 15 is 0 Å². The molecule has 3 aromatic carbocycles. The summed E-state index contributed by atoms with van der Waals surface area (Å²) in [6.07, 6.45) is 2.82. The first-order valence-corrected chi connectivity index (χ1v) is 11.5. The number of rotatable bonds is 3. The molecule has 168 valence electrons. The van der Waals surface area contributed by atoms with Crippen LogP contribution in [0.4, 0.5) is 5.69 Å². The lowest BCUT2D eigenvalue weighted by Gasteiger charge is -2.37. The summed E-state index contributed by atoms with van der Waals surface area (Å²) in [5.74, 6) is -0.492. The highest BCUT2D eigenvalue weighted by atomic mass is 16.2. The molecular weight excluding hydrogens is 414 g/mol. The standard InChI is InChI=1S/C27H27N3O3/c28-25(31)22-9-4-12-24-21(22)11-5-15-30(24)26(32)19-13-16-29(17-14-19)27(33)23-10-3-7-18-6-1-2-8-20(18)23/h1-4,6-10,12,19H,5,11,13-17H2,(H2,28,31). The average Bonchev–Trinajstić information content (AvgIpc) is 2.86. The molecule has 0 aliphatic carbocycles. The first kappa shape index (κ1) is 21.2. The number of likely N-dealkylation sites (tertiary alicyclic amines) is 1. The van der Waals surface area contributed by atoms with Gasteiger partial charge in [-0.25, -0.2) is 0 Å². The molecule has 2 N–H and O–H groups in total. The molecule has 1 saturated heterocycles. The van der Waals surface area contributed by atoms with Gasteiger partial charge in [0.2, 0.25) is 11.8 Å². The predicted molar refractivity (Wildman–Crippen MR) is 128 cm³/mol. The Labute approximate surface area is 193 Å². The quantitative estimate of drug-likeness (QED) is 0.672. The van der Waals surface area contributed by atoms with E-state index in [1.165, 1.54) is 0 Å². The summed E-state index contributed by atoms with van der Waals surface area (Å²) in [6.45, 7) is 1.75. The van der Waals surface area contributed by atoms with E-state index in [4.69, 9.17) is 5.73 Å². The van der Waals surface area contributed by atoms with Gasteiger partial charge in [0.05, 0.1) is 0 Å². The van der Waals surface area contributed by atoms with Crippen LogP contribution >= 0.6 is 0 Å². The summed E-state index contributed by atoms with van der Waals surface area (Å²) in [6, 6.07) is 19.1. The molecule has 0 aromatic heterocycles. The third kappa shape index (κ3) is 3.86. The van der Waals surface area contributed by atoms with Gasteiger partial charge in [-0.2, -0.15) is 0 Å². The smallest absolute Gasteiger partial charge is 0.254 e. The minimum atomic E-state index is -0.457. The van der Waals surface area contributed by atoms with Crippen molar-refractivity contribution in [3.63, 3.8) is 0 Å². The van der Waals surface area contributed by atoms with Crippen LogP contribution in [0.5, 0.6) is 0 Å².